The molecule has 1 saturated carbocycles. The van der Waals surface area contributed by atoms with E-state index in [1.54, 1.807) is 52.0 Å². The van der Waals surface area contributed by atoms with Gasteiger partial charge in [-0.15, -0.1) is 0 Å². The Kier molecular flexibility index (Phi) is 10.3. The highest BCUT2D eigenvalue weighted by atomic mass is 35.5. The average molecular weight is 609 g/mol. The molecule has 2 aliphatic carbocycles. The summed E-state index contributed by atoms with van der Waals surface area (Å²) in [5.41, 5.74) is 1.41. The molecule has 0 bridgehead atoms. The number of ketones is 2. The van der Waals surface area contributed by atoms with Crippen molar-refractivity contribution in [1.29, 1.82) is 0 Å². The van der Waals surface area contributed by atoms with Gasteiger partial charge in [0.15, 0.2) is 11.5 Å². The molecule has 0 unspecified atom stereocenters. The Morgan fingerprint density at radius 1 is 0.791 bits per heavy atom. The van der Waals surface area contributed by atoms with E-state index < -0.39 is 23.6 Å². The molecule has 0 heterocycles. The molecule has 1 fully saturated rings. The summed E-state index contributed by atoms with van der Waals surface area (Å²) < 4.78 is 11.3. The number of halogens is 1. The van der Waals surface area contributed by atoms with Crippen LogP contribution >= 0.6 is 11.6 Å². The second-order valence-corrected chi connectivity index (χ2v) is 12.5. The predicted octanol–water partition coefficient (Wildman–Crippen LogP) is 7.66. The smallest absolute Gasteiger partial charge is 0.415 e. The van der Waals surface area contributed by atoms with Crippen LogP contribution in [0.4, 0.5) is 9.59 Å². The number of hydrogen-bond acceptors (Lipinski definition) is 6. The fourth-order valence-electron chi connectivity index (χ4n) is 5.77. The topological polar surface area (TPSA) is 93.2 Å². The summed E-state index contributed by atoms with van der Waals surface area (Å²) in [4.78, 5) is 56.6. The number of amides is 2. The van der Waals surface area contributed by atoms with Crippen LogP contribution in [0.15, 0.2) is 59.9 Å². The quantitative estimate of drug-likeness (QED) is 0.305. The second-order valence-electron chi connectivity index (χ2n) is 12.1. The van der Waals surface area contributed by atoms with Gasteiger partial charge in [0, 0.05) is 42.3 Å². The van der Waals surface area contributed by atoms with Gasteiger partial charge < -0.3 is 19.3 Å². The maximum Gasteiger partial charge on any atom is 0.415 e. The first-order valence-electron chi connectivity index (χ1n) is 15.1. The summed E-state index contributed by atoms with van der Waals surface area (Å²) >= 11 is 6.07. The molecule has 2 aromatic rings. The molecule has 0 aromatic heterocycles. The third kappa shape index (κ3) is 7.66. The van der Waals surface area contributed by atoms with Crippen molar-refractivity contribution in [3.05, 3.63) is 81.6 Å². The molecular weight excluding hydrogens is 568 g/mol. The SMILES string of the molecule is CCN(CCN(CC)C(=O)OC(C)(C)C)C(=O)OC1=C([C@H]2CC[C@H](c3ccc(Cl)cc3)CC2)C(=O)c2ccccc2C1=O. The predicted molar refractivity (Wildman–Crippen MR) is 165 cm³/mol. The van der Waals surface area contributed by atoms with E-state index in [0.29, 0.717) is 35.9 Å². The summed E-state index contributed by atoms with van der Waals surface area (Å²) in [7, 11) is 0. The van der Waals surface area contributed by atoms with Gasteiger partial charge >= 0.3 is 12.2 Å². The molecule has 9 heteroatoms. The zero-order chi connectivity index (χ0) is 31.3. The van der Waals surface area contributed by atoms with E-state index in [9.17, 15) is 19.2 Å². The molecular formula is C34H41ClN2O6. The van der Waals surface area contributed by atoms with Crippen molar-refractivity contribution in [2.75, 3.05) is 26.2 Å². The van der Waals surface area contributed by atoms with Crippen molar-refractivity contribution in [1.82, 2.24) is 9.80 Å². The molecule has 2 aliphatic rings. The normalized spacial score (nSPS) is 18.7. The summed E-state index contributed by atoms with van der Waals surface area (Å²) in [6, 6.07) is 14.5. The molecule has 2 aromatic carbocycles. The number of fused-ring (bicyclic) bond motifs is 1. The van der Waals surface area contributed by atoms with Crippen LogP contribution in [-0.4, -0.2) is 65.3 Å². The van der Waals surface area contributed by atoms with E-state index in [1.807, 2.05) is 31.2 Å². The number of benzene rings is 2. The van der Waals surface area contributed by atoms with E-state index in [4.69, 9.17) is 21.1 Å². The van der Waals surface area contributed by atoms with Crippen molar-refractivity contribution in [3.63, 3.8) is 0 Å². The van der Waals surface area contributed by atoms with Crippen molar-refractivity contribution in [2.45, 2.75) is 71.8 Å². The summed E-state index contributed by atoms with van der Waals surface area (Å²) in [5, 5.41) is 0.687. The van der Waals surface area contributed by atoms with Gasteiger partial charge in [-0.2, -0.15) is 0 Å². The van der Waals surface area contributed by atoms with E-state index in [-0.39, 0.29) is 48.2 Å². The lowest BCUT2D eigenvalue weighted by Gasteiger charge is -2.33. The first-order chi connectivity index (χ1) is 20.4. The Bertz CT molecular complexity index is 1390. The van der Waals surface area contributed by atoms with E-state index >= 15 is 0 Å². The summed E-state index contributed by atoms with van der Waals surface area (Å²) in [5.74, 6) is -0.795. The third-order valence-corrected chi connectivity index (χ3v) is 8.34. The number of carbonyl (C=O) groups excluding carboxylic acids is 4. The zero-order valence-corrected chi connectivity index (χ0v) is 26.4. The van der Waals surface area contributed by atoms with Crippen LogP contribution in [0, 0.1) is 5.92 Å². The van der Waals surface area contributed by atoms with Crippen LogP contribution in [0.25, 0.3) is 0 Å². The third-order valence-electron chi connectivity index (χ3n) is 8.09. The number of Topliss-reactive ketones (excluding diaryl/α,β-unsaturated/α-hetero) is 2. The lowest BCUT2D eigenvalue weighted by molar-refractivity contribution is 0.0241. The van der Waals surface area contributed by atoms with Gasteiger partial charge in [0.05, 0.1) is 5.57 Å². The van der Waals surface area contributed by atoms with Crippen LogP contribution < -0.4 is 0 Å². The summed E-state index contributed by atoms with van der Waals surface area (Å²) in [6.45, 7) is 10.1. The second kappa shape index (κ2) is 13.8. The molecule has 8 nitrogen and oxygen atoms in total. The van der Waals surface area contributed by atoms with Gasteiger partial charge in [-0.3, -0.25) is 9.59 Å². The van der Waals surface area contributed by atoms with Gasteiger partial charge in [-0.25, -0.2) is 9.59 Å². The number of allylic oxidation sites excluding steroid dienone is 2. The van der Waals surface area contributed by atoms with Gasteiger partial charge in [-0.1, -0.05) is 48.0 Å². The summed E-state index contributed by atoms with van der Waals surface area (Å²) in [6.07, 6.45) is 1.83. The molecule has 0 N–H and O–H groups in total. The van der Waals surface area contributed by atoms with Gasteiger partial charge in [-0.05, 0) is 89.8 Å². The fourth-order valence-corrected chi connectivity index (χ4v) is 5.90. The Morgan fingerprint density at radius 3 is 1.84 bits per heavy atom. The molecule has 43 heavy (non-hydrogen) atoms. The number of rotatable bonds is 8. The van der Waals surface area contributed by atoms with Gasteiger partial charge in [0.2, 0.25) is 5.78 Å². The molecule has 0 saturated heterocycles. The van der Waals surface area contributed by atoms with Crippen LogP contribution in [0.3, 0.4) is 0 Å². The van der Waals surface area contributed by atoms with Crippen molar-refractivity contribution in [2.24, 2.45) is 5.92 Å². The number of nitrogens with zero attached hydrogens (tertiary/aromatic N) is 2. The van der Waals surface area contributed by atoms with Crippen LogP contribution in [0.1, 0.15) is 92.5 Å². The lowest BCUT2D eigenvalue weighted by atomic mass is 9.72. The molecule has 0 radical (unpaired) electrons. The van der Waals surface area contributed by atoms with Crippen molar-refractivity contribution < 1.29 is 28.7 Å². The molecule has 4 rings (SSSR count). The lowest BCUT2D eigenvalue weighted by Crippen LogP contribution is -2.43. The number of ether oxygens (including phenoxy) is 2. The van der Waals surface area contributed by atoms with E-state index in [0.717, 1.165) is 12.8 Å². The largest absolute Gasteiger partial charge is 0.444 e. The molecule has 0 aliphatic heterocycles. The number of hydrogen-bond donors (Lipinski definition) is 0. The standard InChI is InChI=1S/C34H41ClN2O6/c1-6-36(20-21-37(7-2)33(41)43-34(3,4)5)32(40)42-31-28(29(38)26-10-8-9-11-27(26)30(31)39)24-14-12-22(13-15-24)23-16-18-25(35)19-17-23/h8-11,16-19,22,24H,6-7,12-15,20-21H2,1-5H3/t22-,24-. The zero-order valence-electron chi connectivity index (χ0n) is 25.7. The van der Waals surface area contributed by atoms with Gasteiger partial charge in [0.1, 0.15) is 5.60 Å². The van der Waals surface area contributed by atoms with Crippen molar-refractivity contribution in [3.8, 4) is 0 Å². The highest BCUT2D eigenvalue weighted by Crippen LogP contribution is 2.42. The first-order valence-corrected chi connectivity index (χ1v) is 15.4. The Labute approximate surface area is 259 Å². The number of carbonyl (C=O) groups is 4. The van der Waals surface area contributed by atoms with E-state index in [2.05, 4.69) is 0 Å². The van der Waals surface area contributed by atoms with Crippen molar-refractivity contribution >= 4 is 35.4 Å². The van der Waals surface area contributed by atoms with Gasteiger partial charge in [0.25, 0.3) is 0 Å². The fraction of sp³-hybridized carbons (Fsp3) is 0.471. The average Bonchev–Trinajstić information content (AvgIpc) is 2.98. The van der Waals surface area contributed by atoms with Crippen LogP contribution in [0.2, 0.25) is 5.02 Å². The van der Waals surface area contributed by atoms with Crippen LogP contribution in [-0.2, 0) is 9.47 Å². The molecule has 0 spiro atoms. The Morgan fingerprint density at radius 2 is 1.30 bits per heavy atom. The van der Waals surface area contributed by atoms with Crippen LogP contribution in [0.5, 0.6) is 0 Å². The minimum Gasteiger partial charge on any atom is -0.444 e. The maximum atomic E-state index is 13.8. The maximum absolute atomic E-state index is 13.8. The Hall–Kier alpha value is -3.65. The Balaban J connectivity index is 1.54. The monoisotopic (exact) mass is 608 g/mol. The minimum atomic E-state index is -0.731. The molecule has 230 valence electrons. The highest BCUT2D eigenvalue weighted by molar-refractivity contribution is 6.30. The first kappa shape index (κ1) is 32.3. The highest BCUT2D eigenvalue weighted by Gasteiger charge is 2.40. The molecule has 2 amide bonds. The van der Waals surface area contributed by atoms with E-state index in [1.165, 1.54) is 15.4 Å². The molecule has 0 atom stereocenters. The number of likely N-dealkylation sites (N-methyl/N-ethyl adjacent to an activating group) is 2. The minimum absolute atomic E-state index is 0.177.